The maximum Gasteiger partial charge on any atom is 0.0727 e. The molecule has 2 N–H and O–H groups in total. The number of aliphatic imine (C=N–C) groups is 1. The van der Waals surface area contributed by atoms with Crippen LogP contribution in [0.15, 0.2) is 35.3 Å². The maximum atomic E-state index is 5.80. The first-order chi connectivity index (χ1) is 8.85. The van der Waals surface area contributed by atoms with Crippen LogP contribution < -0.4 is 5.73 Å². The molecule has 1 aliphatic heterocycles. The van der Waals surface area contributed by atoms with Crippen LogP contribution in [-0.4, -0.2) is 22.9 Å². The number of benzene rings is 1. The molecule has 2 nitrogen and oxygen atoms in total. The van der Waals surface area contributed by atoms with E-state index >= 15 is 0 Å². The molecule has 1 aromatic carbocycles. The standard InChI is InChI=1S/C15H20N2S/c16-10-12-6-7-13-14(8-12)18-15(17-13)9-11-4-2-1-3-5-11/h1-5,12-14H,6-10,16H2. The Balaban J connectivity index is 1.63. The van der Waals surface area contributed by atoms with E-state index in [0.717, 1.165) is 18.9 Å². The molecule has 1 saturated carbocycles. The molecule has 0 amide bonds. The van der Waals surface area contributed by atoms with E-state index < -0.39 is 0 Å². The van der Waals surface area contributed by atoms with E-state index in [0.29, 0.717) is 11.3 Å². The summed E-state index contributed by atoms with van der Waals surface area (Å²) in [7, 11) is 0. The van der Waals surface area contributed by atoms with Gasteiger partial charge in [0, 0.05) is 11.7 Å². The van der Waals surface area contributed by atoms with Gasteiger partial charge in [-0.05, 0) is 37.3 Å². The van der Waals surface area contributed by atoms with Crippen molar-refractivity contribution in [1.82, 2.24) is 0 Å². The van der Waals surface area contributed by atoms with Crippen LogP contribution in [0.1, 0.15) is 24.8 Å². The normalized spacial score (nSPS) is 30.9. The summed E-state index contributed by atoms with van der Waals surface area (Å²) in [6.07, 6.45) is 4.76. The number of nitrogens with zero attached hydrogens (tertiary/aromatic N) is 1. The lowest BCUT2D eigenvalue weighted by Crippen LogP contribution is -2.31. The quantitative estimate of drug-likeness (QED) is 0.907. The molecule has 18 heavy (non-hydrogen) atoms. The largest absolute Gasteiger partial charge is 0.330 e. The molecule has 3 heteroatoms. The van der Waals surface area contributed by atoms with Gasteiger partial charge in [-0.3, -0.25) is 4.99 Å². The third-order valence-electron chi connectivity index (χ3n) is 3.99. The molecule has 0 aromatic heterocycles. The van der Waals surface area contributed by atoms with Gasteiger partial charge in [0.15, 0.2) is 0 Å². The van der Waals surface area contributed by atoms with Crippen molar-refractivity contribution < 1.29 is 0 Å². The van der Waals surface area contributed by atoms with E-state index in [-0.39, 0.29) is 0 Å². The molecule has 0 spiro atoms. The molecule has 96 valence electrons. The smallest absolute Gasteiger partial charge is 0.0727 e. The third kappa shape index (κ3) is 2.62. The molecule has 2 aliphatic rings. The second-order valence-electron chi connectivity index (χ2n) is 5.32. The molecule has 0 bridgehead atoms. The zero-order valence-electron chi connectivity index (χ0n) is 10.6. The van der Waals surface area contributed by atoms with Crippen LogP contribution in [-0.2, 0) is 6.42 Å². The molecule has 3 atom stereocenters. The molecular formula is C15H20N2S. The zero-order chi connectivity index (χ0) is 12.4. The monoisotopic (exact) mass is 260 g/mol. The minimum absolute atomic E-state index is 0.566. The van der Waals surface area contributed by atoms with Crippen molar-refractivity contribution in [2.45, 2.75) is 37.0 Å². The maximum absolute atomic E-state index is 5.80. The van der Waals surface area contributed by atoms with Gasteiger partial charge in [-0.25, -0.2) is 0 Å². The van der Waals surface area contributed by atoms with E-state index in [4.69, 9.17) is 10.7 Å². The predicted octanol–water partition coefficient (Wildman–Crippen LogP) is 2.87. The van der Waals surface area contributed by atoms with Gasteiger partial charge in [-0.1, -0.05) is 30.3 Å². The number of thioether (sulfide) groups is 1. The van der Waals surface area contributed by atoms with Gasteiger partial charge in [0.1, 0.15) is 0 Å². The SMILES string of the molecule is NCC1CCC2N=C(Cc3ccccc3)SC2C1. The number of nitrogens with two attached hydrogens (primary N) is 1. The fourth-order valence-corrected chi connectivity index (χ4v) is 4.45. The van der Waals surface area contributed by atoms with Crippen LogP contribution in [0.4, 0.5) is 0 Å². The van der Waals surface area contributed by atoms with Crippen molar-refractivity contribution in [2.24, 2.45) is 16.6 Å². The number of fused-ring (bicyclic) bond motifs is 1. The molecule has 1 aromatic rings. The summed E-state index contributed by atoms with van der Waals surface area (Å²) in [4.78, 5) is 4.91. The lowest BCUT2D eigenvalue weighted by Gasteiger charge is -2.28. The van der Waals surface area contributed by atoms with Crippen LogP contribution >= 0.6 is 11.8 Å². The summed E-state index contributed by atoms with van der Waals surface area (Å²) in [6.45, 7) is 0.845. The molecule has 1 fully saturated rings. The Morgan fingerprint density at radius 3 is 2.83 bits per heavy atom. The highest BCUT2D eigenvalue weighted by molar-refractivity contribution is 8.14. The summed E-state index contributed by atoms with van der Waals surface area (Å²) in [5.74, 6) is 0.727. The van der Waals surface area contributed by atoms with Crippen LogP contribution in [0.5, 0.6) is 0 Å². The van der Waals surface area contributed by atoms with Crippen LogP contribution in [0.3, 0.4) is 0 Å². The van der Waals surface area contributed by atoms with Crippen LogP contribution in [0.2, 0.25) is 0 Å². The Bertz CT molecular complexity index is 429. The molecule has 3 rings (SSSR count). The molecule has 0 radical (unpaired) electrons. The molecule has 1 aliphatic carbocycles. The predicted molar refractivity (Wildman–Crippen MR) is 79.1 cm³/mol. The Kier molecular flexibility index (Phi) is 3.71. The first-order valence-corrected chi connectivity index (χ1v) is 7.70. The number of rotatable bonds is 3. The minimum Gasteiger partial charge on any atom is -0.330 e. The first-order valence-electron chi connectivity index (χ1n) is 6.82. The summed E-state index contributed by atoms with van der Waals surface area (Å²) in [5.41, 5.74) is 7.17. The van der Waals surface area contributed by atoms with E-state index in [2.05, 4.69) is 30.3 Å². The number of hydrogen-bond acceptors (Lipinski definition) is 3. The van der Waals surface area contributed by atoms with Crippen molar-refractivity contribution >= 4 is 16.8 Å². The zero-order valence-corrected chi connectivity index (χ0v) is 11.4. The lowest BCUT2D eigenvalue weighted by molar-refractivity contribution is 0.347. The Hall–Kier alpha value is -0.800. The third-order valence-corrected chi connectivity index (χ3v) is 5.33. The van der Waals surface area contributed by atoms with Crippen molar-refractivity contribution in [3.05, 3.63) is 35.9 Å². The Labute approximate surface area is 113 Å². The molecule has 1 heterocycles. The average molecular weight is 260 g/mol. The second-order valence-corrected chi connectivity index (χ2v) is 6.64. The Morgan fingerprint density at radius 2 is 2.06 bits per heavy atom. The van der Waals surface area contributed by atoms with E-state index in [1.54, 1.807) is 0 Å². The van der Waals surface area contributed by atoms with Gasteiger partial charge in [-0.2, -0.15) is 0 Å². The fraction of sp³-hybridized carbons (Fsp3) is 0.533. The highest BCUT2D eigenvalue weighted by Gasteiger charge is 2.35. The summed E-state index contributed by atoms with van der Waals surface area (Å²) in [6, 6.07) is 11.2. The van der Waals surface area contributed by atoms with E-state index in [1.807, 2.05) is 11.8 Å². The van der Waals surface area contributed by atoms with E-state index in [1.165, 1.54) is 29.9 Å². The van der Waals surface area contributed by atoms with E-state index in [9.17, 15) is 0 Å². The summed E-state index contributed by atoms with van der Waals surface area (Å²) < 4.78 is 0. The van der Waals surface area contributed by atoms with Crippen LogP contribution in [0.25, 0.3) is 0 Å². The van der Waals surface area contributed by atoms with Crippen molar-refractivity contribution in [1.29, 1.82) is 0 Å². The van der Waals surface area contributed by atoms with Crippen molar-refractivity contribution in [3.63, 3.8) is 0 Å². The van der Waals surface area contributed by atoms with Gasteiger partial charge in [0.25, 0.3) is 0 Å². The first kappa shape index (κ1) is 12.2. The summed E-state index contributed by atoms with van der Waals surface area (Å²) >= 11 is 2.00. The van der Waals surface area contributed by atoms with Crippen molar-refractivity contribution in [3.8, 4) is 0 Å². The van der Waals surface area contributed by atoms with Crippen molar-refractivity contribution in [2.75, 3.05) is 6.54 Å². The molecular weight excluding hydrogens is 240 g/mol. The highest BCUT2D eigenvalue weighted by atomic mass is 32.2. The van der Waals surface area contributed by atoms with Crippen LogP contribution in [0, 0.1) is 5.92 Å². The van der Waals surface area contributed by atoms with Gasteiger partial charge in [0.05, 0.1) is 11.1 Å². The second kappa shape index (κ2) is 5.45. The molecule has 3 unspecified atom stereocenters. The average Bonchev–Trinajstić information content (AvgIpc) is 2.80. The minimum atomic E-state index is 0.566. The fourth-order valence-electron chi connectivity index (χ4n) is 2.93. The summed E-state index contributed by atoms with van der Waals surface area (Å²) in [5, 5.41) is 2.03. The lowest BCUT2D eigenvalue weighted by atomic mass is 9.86. The van der Waals surface area contributed by atoms with Gasteiger partial charge in [0.2, 0.25) is 0 Å². The van der Waals surface area contributed by atoms with Gasteiger partial charge < -0.3 is 5.73 Å². The molecule has 0 saturated heterocycles. The Morgan fingerprint density at radius 1 is 1.22 bits per heavy atom. The van der Waals surface area contributed by atoms with Gasteiger partial charge >= 0.3 is 0 Å². The number of hydrogen-bond donors (Lipinski definition) is 1. The topological polar surface area (TPSA) is 38.4 Å². The highest BCUT2D eigenvalue weighted by Crippen LogP contribution is 2.39. The van der Waals surface area contributed by atoms with Gasteiger partial charge in [-0.15, -0.1) is 11.8 Å².